The molecule has 0 aromatic carbocycles. The highest BCUT2D eigenvalue weighted by Crippen LogP contribution is 2.16. The van der Waals surface area contributed by atoms with Gasteiger partial charge in [-0.2, -0.15) is 0 Å². The number of hydrogen-bond acceptors (Lipinski definition) is 3. The molecule has 0 spiro atoms. The lowest BCUT2D eigenvalue weighted by atomic mass is 10.1. The van der Waals surface area contributed by atoms with Crippen molar-refractivity contribution >= 4 is 0 Å². The number of hydrogen-bond donors (Lipinski definition) is 1. The highest BCUT2D eigenvalue weighted by Gasteiger charge is 2.30. The van der Waals surface area contributed by atoms with Crippen LogP contribution in [0.5, 0.6) is 0 Å². The summed E-state index contributed by atoms with van der Waals surface area (Å²) < 4.78 is 5.10. The largest absolute Gasteiger partial charge is 0.394 e. The van der Waals surface area contributed by atoms with Crippen LogP contribution < -0.4 is 0 Å². The minimum absolute atomic E-state index is 0.119. The SMILES string of the molecule is CN(CC1CO1)C(C)(C)CO. The first-order valence-corrected chi connectivity index (χ1v) is 4.00. The maximum atomic E-state index is 9.02. The van der Waals surface area contributed by atoms with Crippen LogP contribution in [0.4, 0.5) is 0 Å². The van der Waals surface area contributed by atoms with Crippen molar-refractivity contribution in [2.24, 2.45) is 0 Å². The third-order valence-corrected chi connectivity index (χ3v) is 2.30. The molecule has 1 rings (SSSR count). The first kappa shape index (κ1) is 8.97. The second kappa shape index (κ2) is 3.09. The fraction of sp³-hybridized carbons (Fsp3) is 1.00. The summed E-state index contributed by atoms with van der Waals surface area (Å²) in [6, 6.07) is 0. The zero-order chi connectivity index (χ0) is 8.48. The molecule has 0 aromatic rings. The number of aliphatic hydroxyl groups excluding tert-OH is 1. The van der Waals surface area contributed by atoms with E-state index in [4.69, 9.17) is 9.84 Å². The molecule has 0 aromatic heterocycles. The predicted octanol–water partition coefficient (Wildman–Crippen LogP) is 0.0879. The molecule has 1 saturated heterocycles. The van der Waals surface area contributed by atoms with Crippen LogP contribution in [0.25, 0.3) is 0 Å². The Balaban J connectivity index is 2.31. The fourth-order valence-corrected chi connectivity index (χ4v) is 0.847. The smallest absolute Gasteiger partial charge is 0.0936 e. The first-order chi connectivity index (χ1) is 5.06. The molecule has 3 nitrogen and oxygen atoms in total. The van der Waals surface area contributed by atoms with E-state index in [1.165, 1.54) is 0 Å². The highest BCUT2D eigenvalue weighted by atomic mass is 16.6. The summed E-state index contributed by atoms with van der Waals surface area (Å²) >= 11 is 0. The molecule has 0 aliphatic carbocycles. The molecule has 1 unspecified atom stereocenters. The van der Waals surface area contributed by atoms with E-state index in [9.17, 15) is 0 Å². The third kappa shape index (κ3) is 2.43. The molecule has 0 saturated carbocycles. The summed E-state index contributed by atoms with van der Waals surface area (Å²) in [4.78, 5) is 2.13. The molecular formula is C8H17NO2. The maximum Gasteiger partial charge on any atom is 0.0936 e. The van der Waals surface area contributed by atoms with E-state index in [-0.39, 0.29) is 12.1 Å². The van der Waals surface area contributed by atoms with E-state index in [1.54, 1.807) is 0 Å². The van der Waals surface area contributed by atoms with Gasteiger partial charge in [-0.25, -0.2) is 0 Å². The van der Waals surface area contributed by atoms with E-state index in [1.807, 2.05) is 20.9 Å². The summed E-state index contributed by atoms with van der Waals surface area (Å²) in [5.74, 6) is 0. The number of epoxide rings is 1. The van der Waals surface area contributed by atoms with Gasteiger partial charge in [0, 0.05) is 12.1 Å². The van der Waals surface area contributed by atoms with Crippen molar-refractivity contribution in [2.45, 2.75) is 25.5 Å². The first-order valence-electron chi connectivity index (χ1n) is 4.00. The Labute approximate surface area is 68.0 Å². The highest BCUT2D eigenvalue weighted by molar-refractivity contribution is 4.83. The van der Waals surface area contributed by atoms with Gasteiger partial charge in [0.15, 0.2) is 0 Å². The number of nitrogens with zero attached hydrogens (tertiary/aromatic N) is 1. The topological polar surface area (TPSA) is 36.0 Å². The standard InChI is InChI=1S/C8H17NO2/c1-8(2,6-10)9(3)4-7-5-11-7/h7,10H,4-6H2,1-3H3. The quantitative estimate of drug-likeness (QED) is 0.590. The molecule has 1 N–H and O–H groups in total. The predicted molar refractivity (Wildman–Crippen MR) is 43.5 cm³/mol. The van der Waals surface area contributed by atoms with Gasteiger partial charge >= 0.3 is 0 Å². The van der Waals surface area contributed by atoms with E-state index in [0.29, 0.717) is 6.10 Å². The van der Waals surface area contributed by atoms with Crippen molar-refractivity contribution in [3.8, 4) is 0 Å². The van der Waals surface area contributed by atoms with Gasteiger partial charge in [-0.3, -0.25) is 4.90 Å². The summed E-state index contributed by atoms with van der Waals surface area (Å²) in [6.07, 6.45) is 0.408. The summed E-state index contributed by atoms with van der Waals surface area (Å²) in [5, 5.41) is 9.02. The molecule has 1 heterocycles. The van der Waals surface area contributed by atoms with Crippen LogP contribution in [0.1, 0.15) is 13.8 Å². The van der Waals surface area contributed by atoms with Gasteiger partial charge in [-0.05, 0) is 20.9 Å². The number of likely N-dealkylation sites (N-methyl/N-ethyl adjacent to an activating group) is 1. The van der Waals surface area contributed by atoms with Gasteiger partial charge in [-0.1, -0.05) is 0 Å². The molecule has 1 aliphatic rings. The van der Waals surface area contributed by atoms with Crippen molar-refractivity contribution in [2.75, 3.05) is 26.8 Å². The normalized spacial score (nSPS) is 24.3. The maximum absolute atomic E-state index is 9.02. The van der Waals surface area contributed by atoms with Crippen LogP contribution >= 0.6 is 0 Å². The van der Waals surface area contributed by atoms with Crippen LogP contribution in [0.15, 0.2) is 0 Å². The number of rotatable bonds is 4. The Kier molecular flexibility index (Phi) is 2.52. The lowest BCUT2D eigenvalue weighted by molar-refractivity contribution is 0.0734. The third-order valence-electron chi connectivity index (χ3n) is 2.30. The second-order valence-corrected chi connectivity index (χ2v) is 3.81. The lowest BCUT2D eigenvalue weighted by Crippen LogP contribution is -2.45. The van der Waals surface area contributed by atoms with Gasteiger partial charge in [0.1, 0.15) is 0 Å². The zero-order valence-corrected chi connectivity index (χ0v) is 7.50. The molecule has 0 radical (unpaired) electrons. The second-order valence-electron chi connectivity index (χ2n) is 3.81. The van der Waals surface area contributed by atoms with Crippen LogP contribution in [0.2, 0.25) is 0 Å². The van der Waals surface area contributed by atoms with E-state index >= 15 is 0 Å². The molecule has 3 heteroatoms. The van der Waals surface area contributed by atoms with Gasteiger partial charge in [0.25, 0.3) is 0 Å². The van der Waals surface area contributed by atoms with Crippen LogP contribution in [-0.4, -0.2) is 48.5 Å². The van der Waals surface area contributed by atoms with Crippen LogP contribution in [0.3, 0.4) is 0 Å². The summed E-state index contributed by atoms with van der Waals surface area (Å²) in [5.41, 5.74) is -0.119. The minimum Gasteiger partial charge on any atom is -0.394 e. The Morgan fingerprint density at radius 2 is 2.18 bits per heavy atom. The van der Waals surface area contributed by atoms with Crippen molar-refractivity contribution in [3.63, 3.8) is 0 Å². The molecule has 1 fully saturated rings. The van der Waals surface area contributed by atoms with Crippen LogP contribution in [0, 0.1) is 0 Å². The zero-order valence-electron chi connectivity index (χ0n) is 7.50. The molecule has 0 amide bonds. The Morgan fingerprint density at radius 3 is 2.55 bits per heavy atom. The summed E-state index contributed by atoms with van der Waals surface area (Å²) in [7, 11) is 2.01. The average Bonchev–Trinajstić information content (AvgIpc) is 2.72. The summed E-state index contributed by atoms with van der Waals surface area (Å²) in [6.45, 7) is 6.04. The fourth-order valence-electron chi connectivity index (χ4n) is 0.847. The van der Waals surface area contributed by atoms with Gasteiger partial charge < -0.3 is 9.84 Å². The van der Waals surface area contributed by atoms with Crippen LogP contribution in [-0.2, 0) is 4.74 Å². The van der Waals surface area contributed by atoms with Crippen molar-refractivity contribution in [1.29, 1.82) is 0 Å². The Bertz CT molecular complexity index is 132. The van der Waals surface area contributed by atoms with Crippen molar-refractivity contribution in [1.82, 2.24) is 4.90 Å². The Morgan fingerprint density at radius 1 is 1.64 bits per heavy atom. The molecule has 11 heavy (non-hydrogen) atoms. The average molecular weight is 159 g/mol. The van der Waals surface area contributed by atoms with Gasteiger partial charge in [-0.15, -0.1) is 0 Å². The van der Waals surface area contributed by atoms with Crippen molar-refractivity contribution < 1.29 is 9.84 Å². The molecule has 1 aliphatic heterocycles. The van der Waals surface area contributed by atoms with Gasteiger partial charge in [0.2, 0.25) is 0 Å². The molecule has 66 valence electrons. The molecule has 0 bridgehead atoms. The van der Waals surface area contributed by atoms with E-state index in [0.717, 1.165) is 13.2 Å². The number of aliphatic hydroxyl groups is 1. The lowest BCUT2D eigenvalue weighted by Gasteiger charge is -2.33. The van der Waals surface area contributed by atoms with E-state index in [2.05, 4.69) is 4.90 Å². The minimum atomic E-state index is -0.119. The molecule has 1 atom stereocenters. The molecular weight excluding hydrogens is 142 g/mol. The van der Waals surface area contributed by atoms with E-state index < -0.39 is 0 Å². The van der Waals surface area contributed by atoms with Crippen molar-refractivity contribution in [3.05, 3.63) is 0 Å². The Hall–Kier alpha value is -0.120. The monoisotopic (exact) mass is 159 g/mol. The number of ether oxygens (including phenoxy) is 1. The van der Waals surface area contributed by atoms with Gasteiger partial charge in [0.05, 0.1) is 19.3 Å².